The topological polar surface area (TPSA) is 58.1 Å². The van der Waals surface area contributed by atoms with Gasteiger partial charge >= 0.3 is 0 Å². The highest BCUT2D eigenvalue weighted by Gasteiger charge is 2.01. The molecular formula is C22H32N4O2. The third kappa shape index (κ3) is 7.88. The minimum absolute atomic E-state index is 0.586. The number of ether oxygens (including phenoxy) is 2. The van der Waals surface area contributed by atoms with Crippen LogP contribution < -0.4 is 20.1 Å². The van der Waals surface area contributed by atoms with E-state index >= 15 is 0 Å². The molecule has 2 N–H and O–H groups in total. The third-order valence-corrected chi connectivity index (χ3v) is 4.09. The predicted octanol–water partition coefficient (Wildman–Crippen LogP) is 2.89. The summed E-state index contributed by atoms with van der Waals surface area (Å²) in [5, 5.41) is 6.65. The Labute approximate surface area is 168 Å². The van der Waals surface area contributed by atoms with Gasteiger partial charge in [-0.1, -0.05) is 24.3 Å². The van der Waals surface area contributed by atoms with Gasteiger partial charge in [-0.05, 0) is 56.4 Å². The van der Waals surface area contributed by atoms with E-state index in [9.17, 15) is 0 Å². The summed E-state index contributed by atoms with van der Waals surface area (Å²) in [5.74, 6) is 2.53. The summed E-state index contributed by atoms with van der Waals surface area (Å²) in [4.78, 5) is 6.79. The lowest BCUT2D eigenvalue weighted by molar-refractivity contribution is 0.261. The van der Waals surface area contributed by atoms with E-state index in [4.69, 9.17) is 9.47 Å². The van der Waals surface area contributed by atoms with Crippen molar-refractivity contribution in [2.75, 3.05) is 40.9 Å². The smallest absolute Gasteiger partial charge is 0.191 e. The number of methoxy groups -OCH3 is 1. The zero-order chi connectivity index (χ0) is 20.2. The van der Waals surface area contributed by atoms with Crippen molar-refractivity contribution >= 4 is 5.96 Å². The quantitative estimate of drug-likeness (QED) is 0.487. The Morgan fingerprint density at radius 1 is 1.00 bits per heavy atom. The maximum atomic E-state index is 5.80. The number of benzene rings is 2. The van der Waals surface area contributed by atoms with Crippen LogP contribution in [0.4, 0.5) is 0 Å². The first-order valence-electron chi connectivity index (χ1n) is 9.62. The van der Waals surface area contributed by atoms with Gasteiger partial charge in [0.2, 0.25) is 0 Å². The van der Waals surface area contributed by atoms with Crippen molar-refractivity contribution in [3.8, 4) is 11.5 Å². The zero-order valence-corrected chi connectivity index (χ0v) is 17.4. The highest BCUT2D eigenvalue weighted by molar-refractivity contribution is 5.79. The lowest BCUT2D eigenvalue weighted by Crippen LogP contribution is -2.36. The zero-order valence-electron chi connectivity index (χ0n) is 17.4. The number of guanidine groups is 1. The Balaban J connectivity index is 1.91. The number of rotatable bonds is 10. The van der Waals surface area contributed by atoms with Gasteiger partial charge in [-0.15, -0.1) is 0 Å². The molecule has 0 spiro atoms. The molecule has 0 fully saturated rings. The maximum Gasteiger partial charge on any atom is 0.191 e. The van der Waals surface area contributed by atoms with E-state index in [1.54, 1.807) is 7.11 Å². The van der Waals surface area contributed by atoms with Crippen LogP contribution in [-0.2, 0) is 13.1 Å². The average molecular weight is 385 g/mol. The Kier molecular flexibility index (Phi) is 9.15. The molecule has 152 valence electrons. The van der Waals surface area contributed by atoms with Crippen LogP contribution in [0.1, 0.15) is 18.1 Å². The number of likely N-dealkylation sites (N-methyl/N-ethyl adjacent to an activating group) is 1. The largest absolute Gasteiger partial charge is 0.497 e. The van der Waals surface area contributed by atoms with Crippen LogP contribution in [0.25, 0.3) is 0 Å². The first kappa shape index (κ1) is 21.6. The van der Waals surface area contributed by atoms with E-state index < -0.39 is 0 Å². The van der Waals surface area contributed by atoms with Crippen LogP contribution in [-0.4, -0.2) is 51.8 Å². The van der Waals surface area contributed by atoms with Gasteiger partial charge in [-0.2, -0.15) is 0 Å². The van der Waals surface area contributed by atoms with Crippen LogP contribution in [0.5, 0.6) is 11.5 Å². The fourth-order valence-corrected chi connectivity index (χ4v) is 2.52. The van der Waals surface area contributed by atoms with Crippen molar-refractivity contribution < 1.29 is 9.47 Å². The molecule has 0 heterocycles. The molecule has 0 radical (unpaired) electrons. The Hall–Kier alpha value is -2.73. The standard InChI is InChI=1S/C22H32N4O2/c1-5-23-22(24-16-18-9-11-20(27-4)12-10-18)25-17-19-7-6-8-21(15-19)28-14-13-26(2)3/h6-12,15H,5,13-14,16-17H2,1-4H3,(H2,23,24,25). The molecule has 0 saturated heterocycles. The second kappa shape index (κ2) is 11.9. The first-order chi connectivity index (χ1) is 13.6. The molecule has 0 unspecified atom stereocenters. The minimum atomic E-state index is 0.586. The lowest BCUT2D eigenvalue weighted by Gasteiger charge is -2.13. The van der Waals surface area contributed by atoms with Crippen molar-refractivity contribution in [2.24, 2.45) is 4.99 Å². The molecule has 0 aromatic heterocycles. The Morgan fingerprint density at radius 2 is 1.79 bits per heavy atom. The van der Waals surface area contributed by atoms with Crippen molar-refractivity contribution in [1.82, 2.24) is 15.5 Å². The van der Waals surface area contributed by atoms with Crippen molar-refractivity contribution in [1.29, 1.82) is 0 Å². The molecule has 6 nitrogen and oxygen atoms in total. The number of aliphatic imine (C=N–C) groups is 1. The average Bonchev–Trinajstić information content (AvgIpc) is 2.70. The summed E-state index contributed by atoms with van der Waals surface area (Å²) < 4.78 is 11.0. The molecule has 0 saturated carbocycles. The van der Waals surface area contributed by atoms with E-state index in [2.05, 4.69) is 33.5 Å². The predicted molar refractivity (Wildman–Crippen MR) is 115 cm³/mol. The van der Waals surface area contributed by atoms with E-state index in [1.807, 2.05) is 56.6 Å². The van der Waals surface area contributed by atoms with Crippen molar-refractivity contribution in [3.05, 3.63) is 59.7 Å². The van der Waals surface area contributed by atoms with Gasteiger partial charge in [0, 0.05) is 19.6 Å². The summed E-state index contributed by atoms with van der Waals surface area (Å²) in [6.45, 7) is 5.71. The van der Waals surface area contributed by atoms with Crippen LogP contribution in [0.3, 0.4) is 0 Å². The second-order valence-corrected chi connectivity index (χ2v) is 6.70. The molecule has 0 atom stereocenters. The van der Waals surface area contributed by atoms with Crippen LogP contribution in [0.2, 0.25) is 0 Å². The summed E-state index contributed by atoms with van der Waals surface area (Å²) in [6, 6.07) is 16.1. The van der Waals surface area contributed by atoms with Crippen LogP contribution in [0, 0.1) is 0 Å². The van der Waals surface area contributed by atoms with Crippen LogP contribution in [0.15, 0.2) is 53.5 Å². The fourth-order valence-electron chi connectivity index (χ4n) is 2.52. The van der Waals surface area contributed by atoms with E-state index in [-0.39, 0.29) is 0 Å². The molecule has 2 aromatic carbocycles. The highest BCUT2D eigenvalue weighted by atomic mass is 16.5. The molecule has 2 rings (SSSR count). The monoisotopic (exact) mass is 384 g/mol. The van der Waals surface area contributed by atoms with Gasteiger partial charge in [-0.25, -0.2) is 4.99 Å². The number of nitrogens with one attached hydrogen (secondary N) is 2. The summed E-state index contributed by atoms with van der Waals surface area (Å²) in [5.41, 5.74) is 2.28. The number of hydrogen-bond acceptors (Lipinski definition) is 4. The Morgan fingerprint density at radius 3 is 2.46 bits per heavy atom. The summed E-state index contributed by atoms with van der Waals surface area (Å²) in [7, 11) is 5.75. The van der Waals surface area contributed by atoms with Gasteiger partial charge in [0.25, 0.3) is 0 Å². The third-order valence-electron chi connectivity index (χ3n) is 4.09. The van der Waals surface area contributed by atoms with Crippen molar-refractivity contribution in [2.45, 2.75) is 20.0 Å². The lowest BCUT2D eigenvalue weighted by atomic mass is 10.2. The van der Waals surface area contributed by atoms with Gasteiger partial charge in [-0.3, -0.25) is 0 Å². The summed E-state index contributed by atoms with van der Waals surface area (Å²) >= 11 is 0. The fraction of sp³-hybridized carbons (Fsp3) is 0.409. The van der Waals surface area contributed by atoms with Gasteiger partial charge in [0.1, 0.15) is 18.1 Å². The molecule has 0 bridgehead atoms. The van der Waals surface area contributed by atoms with E-state index in [0.717, 1.165) is 36.1 Å². The van der Waals surface area contributed by atoms with Crippen LogP contribution >= 0.6 is 0 Å². The number of hydrogen-bond donors (Lipinski definition) is 2. The molecule has 0 aliphatic heterocycles. The molecule has 0 amide bonds. The number of nitrogens with zero attached hydrogens (tertiary/aromatic N) is 2. The summed E-state index contributed by atoms with van der Waals surface area (Å²) in [6.07, 6.45) is 0. The maximum absolute atomic E-state index is 5.80. The van der Waals surface area contributed by atoms with E-state index in [1.165, 1.54) is 5.56 Å². The van der Waals surface area contributed by atoms with E-state index in [0.29, 0.717) is 19.7 Å². The molecule has 2 aromatic rings. The normalized spacial score (nSPS) is 11.4. The molecular weight excluding hydrogens is 352 g/mol. The Bertz CT molecular complexity index is 730. The van der Waals surface area contributed by atoms with Gasteiger partial charge in [0.15, 0.2) is 5.96 Å². The van der Waals surface area contributed by atoms with Gasteiger partial charge in [0.05, 0.1) is 13.7 Å². The van der Waals surface area contributed by atoms with Gasteiger partial charge < -0.3 is 25.0 Å². The first-order valence-corrected chi connectivity index (χ1v) is 9.62. The second-order valence-electron chi connectivity index (χ2n) is 6.70. The molecule has 28 heavy (non-hydrogen) atoms. The minimum Gasteiger partial charge on any atom is -0.497 e. The highest BCUT2D eigenvalue weighted by Crippen LogP contribution is 2.14. The SMILES string of the molecule is CCNC(=NCc1cccc(OCCN(C)C)c1)NCc1ccc(OC)cc1. The molecule has 6 heteroatoms. The molecule has 0 aliphatic carbocycles. The molecule has 0 aliphatic rings. The van der Waals surface area contributed by atoms with Crippen molar-refractivity contribution in [3.63, 3.8) is 0 Å².